The predicted octanol–water partition coefficient (Wildman–Crippen LogP) is 2.02. The smallest absolute Gasteiger partial charge is 0.157 e. The van der Waals surface area contributed by atoms with Crippen LogP contribution in [0.15, 0.2) is 18.2 Å². The first-order valence-electron chi connectivity index (χ1n) is 5.82. The fourth-order valence-electron chi connectivity index (χ4n) is 2.05. The highest BCUT2D eigenvalue weighted by Crippen LogP contribution is 2.22. The summed E-state index contributed by atoms with van der Waals surface area (Å²) in [6, 6.07) is 4.87. The van der Waals surface area contributed by atoms with Gasteiger partial charge in [0.15, 0.2) is 9.84 Å². The van der Waals surface area contributed by atoms with Gasteiger partial charge < -0.3 is 10.5 Å². The number of hydrogen-bond donors (Lipinski definition) is 1. The van der Waals surface area contributed by atoms with Crippen LogP contribution in [0.1, 0.15) is 18.4 Å². The summed E-state index contributed by atoms with van der Waals surface area (Å²) in [5.74, 6) is 0.00489. The lowest BCUT2D eigenvalue weighted by Crippen LogP contribution is -2.21. The minimum Gasteiger partial charge on any atom is -0.398 e. The zero-order valence-electron chi connectivity index (χ0n) is 9.93. The molecule has 1 aromatic rings. The first kappa shape index (κ1) is 13.6. The maximum absolute atomic E-state index is 12.0. The Bertz CT molecular complexity index is 524. The van der Waals surface area contributed by atoms with E-state index in [1.807, 2.05) is 0 Å². The van der Waals surface area contributed by atoms with Crippen molar-refractivity contribution in [2.24, 2.45) is 0 Å². The van der Waals surface area contributed by atoms with E-state index in [1.165, 1.54) is 0 Å². The van der Waals surface area contributed by atoms with Crippen LogP contribution in [-0.2, 0) is 20.3 Å². The molecule has 6 heteroatoms. The van der Waals surface area contributed by atoms with Gasteiger partial charge in [-0.15, -0.1) is 0 Å². The van der Waals surface area contributed by atoms with Crippen LogP contribution in [0.5, 0.6) is 0 Å². The zero-order valence-corrected chi connectivity index (χ0v) is 11.5. The lowest BCUT2D eigenvalue weighted by Gasteiger charge is -2.11. The maximum Gasteiger partial charge on any atom is 0.157 e. The molecular formula is C12H16ClNO3S. The Hall–Kier alpha value is -0.780. The number of rotatable bonds is 4. The third kappa shape index (κ3) is 3.60. The number of benzene rings is 1. The van der Waals surface area contributed by atoms with E-state index in [4.69, 9.17) is 22.1 Å². The van der Waals surface area contributed by atoms with Crippen molar-refractivity contribution in [3.63, 3.8) is 0 Å². The van der Waals surface area contributed by atoms with Crippen molar-refractivity contribution in [3.8, 4) is 0 Å². The van der Waals surface area contributed by atoms with Crippen LogP contribution in [0.25, 0.3) is 0 Å². The summed E-state index contributed by atoms with van der Waals surface area (Å²) < 4.78 is 29.4. The number of nitrogens with two attached hydrogens (primary N) is 1. The molecule has 1 atom stereocenters. The van der Waals surface area contributed by atoms with Crippen LogP contribution in [0.4, 0.5) is 5.69 Å². The van der Waals surface area contributed by atoms with Crippen LogP contribution < -0.4 is 5.73 Å². The highest BCUT2D eigenvalue weighted by Gasteiger charge is 2.24. The van der Waals surface area contributed by atoms with E-state index in [1.54, 1.807) is 18.2 Å². The van der Waals surface area contributed by atoms with E-state index >= 15 is 0 Å². The third-order valence-electron chi connectivity index (χ3n) is 2.95. The van der Waals surface area contributed by atoms with Crippen LogP contribution in [0, 0.1) is 0 Å². The van der Waals surface area contributed by atoms with Gasteiger partial charge >= 0.3 is 0 Å². The van der Waals surface area contributed by atoms with Crippen molar-refractivity contribution in [3.05, 3.63) is 28.8 Å². The average molecular weight is 290 g/mol. The molecule has 1 saturated heterocycles. The third-order valence-corrected chi connectivity index (χ3v) is 4.81. The van der Waals surface area contributed by atoms with E-state index in [0.29, 0.717) is 22.9 Å². The summed E-state index contributed by atoms with van der Waals surface area (Å²) in [6.45, 7) is 0.656. The first-order chi connectivity index (χ1) is 8.46. The predicted molar refractivity (Wildman–Crippen MR) is 72.3 cm³/mol. The molecule has 1 heterocycles. The van der Waals surface area contributed by atoms with Crippen molar-refractivity contribution in [1.82, 2.24) is 0 Å². The number of ether oxygens (including phenoxy) is 1. The minimum absolute atomic E-state index is 0.0597. The number of anilines is 1. The highest BCUT2D eigenvalue weighted by atomic mass is 35.5. The van der Waals surface area contributed by atoms with E-state index in [-0.39, 0.29) is 17.6 Å². The van der Waals surface area contributed by atoms with Crippen molar-refractivity contribution in [2.75, 3.05) is 18.1 Å². The largest absolute Gasteiger partial charge is 0.398 e. The fraction of sp³-hybridized carbons (Fsp3) is 0.500. The Kier molecular flexibility index (Phi) is 4.14. The Morgan fingerprint density at radius 2 is 2.22 bits per heavy atom. The van der Waals surface area contributed by atoms with Crippen molar-refractivity contribution in [2.45, 2.75) is 24.7 Å². The lowest BCUT2D eigenvalue weighted by molar-refractivity contribution is 0.127. The topological polar surface area (TPSA) is 69.4 Å². The van der Waals surface area contributed by atoms with Gasteiger partial charge in [-0.25, -0.2) is 8.42 Å². The van der Waals surface area contributed by atoms with Crippen LogP contribution in [-0.4, -0.2) is 26.9 Å². The van der Waals surface area contributed by atoms with Crippen LogP contribution >= 0.6 is 11.6 Å². The first-order valence-corrected chi connectivity index (χ1v) is 8.02. The molecule has 0 radical (unpaired) electrons. The van der Waals surface area contributed by atoms with Gasteiger partial charge in [-0.3, -0.25) is 0 Å². The van der Waals surface area contributed by atoms with Gasteiger partial charge in [0.2, 0.25) is 0 Å². The van der Waals surface area contributed by atoms with Crippen LogP contribution in [0.2, 0.25) is 5.02 Å². The molecular weight excluding hydrogens is 274 g/mol. The molecule has 0 amide bonds. The van der Waals surface area contributed by atoms with Gasteiger partial charge in [0.1, 0.15) is 0 Å². The van der Waals surface area contributed by atoms with Gasteiger partial charge in [0, 0.05) is 17.3 Å². The van der Waals surface area contributed by atoms with Crippen molar-refractivity contribution >= 4 is 27.1 Å². The molecule has 2 rings (SSSR count). The molecule has 1 fully saturated rings. The fourth-order valence-corrected chi connectivity index (χ4v) is 3.92. The standard InChI is InChI=1S/C12H16ClNO3S/c13-10-4-3-9(12(14)6-10)7-18(15,16)8-11-2-1-5-17-11/h3-4,6,11H,1-2,5,7-8,14H2. The van der Waals surface area contributed by atoms with E-state index in [0.717, 1.165) is 12.8 Å². The summed E-state index contributed by atoms with van der Waals surface area (Å²) in [7, 11) is -3.20. The lowest BCUT2D eigenvalue weighted by atomic mass is 10.2. The molecule has 18 heavy (non-hydrogen) atoms. The molecule has 0 spiro atoms. The average Bonchev–Trinajstić information content (AvgIpc) is 2.74. The van der Waals surface area contributed by atoms with E-state index in [2.05, 4.69) is 0 Å². The number of nitrogen functional groups attached to an aromatic ring is 1. The molecule has 1 aromatic carbocycles. The molecule has 1 aliphatic rings. The SMILES string of the molecule is Nc1cc(Cl)ccc1CS(=O)(=O)CC1CCCO1. The van der Waals surface area contributed by atoms with Gasteiger partial charge in [-0.1, -0.05) is 17.7 Å². The Labute approximate surface area is 112 Å². The molecule has 2 N–H and O–H groups in total. The number of hydrogen-bond acceptors (Lipinski definition) is 4. The second kappa shape index (κ2) is 5.47. The van der Waals surface area contributed by atoms with E-state index < -0.39 is 9.84 Å². The second-order valence-electron chi connectivity index (χ2n) is 4.53. The summed E-state index contributed by atoms with van der Waals surface area (Å²) in [4.78, 5) is 0. The van der Waals surface area contributed by atoms with Gasteiger partial charge in [0.05, 0.1) is 17.6 Å². The second-order valence-corrected chi connectivity index (χ2v) is 7.08. The normalized spacial score (nSPS) is 20.2. The molecule has 100 valence electrons. The monoisotopic (exact) mass is 289 g/mol. The van der Waals surface area contributed by atoms with Crippen molar-refractivity contribution < 1.29 is 13.2 Å². The summed E-state index contributed by atoms with van der Waals surface area (Å²) >= 11 is 5.78. The van der Waals surface area contributed by atoms with E-state index in [9.17, 15) is 8.42 Å². The van der Waals surface area contributed by atoms with Gasteiger partial charge in [0.25, 0.3) is 0 Å². The molecule has 4 nitrogen and oxygen atoms in total. The molecule has 0 bridgehead atoms. The molecule has 1 aliphatic heterocycles. The summed E-state index contributed by atoms with van der Waals surface area (Å²) in [5.41, 5.74) is 6.77. The van der Waals surface area contributed by atoms with Gasteiger partial charge in [-0.2, -0.15) is 0 Å². The molecule has 1 unspecified atom stereocenters. The highest BCUT2D eigenvalue weighted by molar-refractivity contribution is 7.90. The van der Waals surface area contributed by atoms with Crippen molar-refractivity contribution in [1.29, 1.82) is 0 Å². The quantitative estimate of drug-likeness (QED) is 0.861. The number of sulfone groups is 1. The minimum atomic E-state index is -3.20. The zero-order chi connectivity index (χ0) is 13.2. The maximum atomic E-state index is 12.0. The molecule has 0 aromatic heterocycles. The Morgan fingerprint density at radius 1 is 1.44 bits per heavy atom. The number of halogens is 1. The summed E-state index contributed by atoms with van der Waals surface area (Å²) in [6.07, 6.45) is 1.59. The van der Waals surface area contributed by atoms with Gasteiger partial charge in [-0.05, 0) is 30.5 Å². The Morgan fingerprint density at radius 3 is 2.83 bits per heavy atom. The Balaban J connectivity index is 2.07. The molecule has 0 saturated carbocycles. The van der Waals surface area contributed by atoms with Crippen LogP contribution in [0.3, 0.4) is 0 Å². The summed E-state index contributed by atoms with van der Waals surface area (Å²) in [5, 5.41) is 0.507. The molecule has 0 aliphatic carbocycles.